The first-order chi connectivity index (χ1) is 7.64. The first-order valence-corrected chi connectivity index (χ1v) is 5.16. The van der Waals surface area contributed by atoms with Gasteiger partial charge in [0.1, 0.15) is 0 Å². The van der Waals surface area contributed by atoms with Crippen molar-refractivity contribution in [2.24, 2.45) is 22.5 Å². The Kier molecular flexibility index (Phi) is 8.38. The molecule has 0 saturated carbocycles. The molecule has 0 amide bonds. The van der Waals surface area contributed by atoms with E-state index in [1.165, 1.54) is 0 Å². The van der Waals surface area contributed by atoms with Crippen molar-refractivity contribution in [2.45, 2.75) is 33.9 Å². The molecule has 5 N–H and O–H groups in total. The van der Waals surface area contributed by atoms with Crippen LogP contribution in [-0.2, 0) is 0 Å². The fraction of sp³-hybridized carbons (Fsp3) is 0.778. The number of nitrogens with two attached hydrogens (primary N) is 2. The van der Waals surface area contributed by atoms with Gasteiger partial charge < -0.3 is 5.73 Å². The van der Waals surface area contributed by atoms with Gasteiger partial charge in [-0.1, -0.05) is 27.7 Å². The number of alkyl halides is 3. The van der Waals surface area contributed by atoms with Gasteiger partial charge in [0, 0.05) is 6.54 Å². The Morgan fingerprint density at radius 1 is 1.35 bits per heavy atom. The largest absolute Gasteiger partial charge is 0.449 e. The number of hydrazine groups is 1. The number of amidine groups is 1. The number of guanidine groups is 1. The van der Waals surface area contributed by atoms with Gasteiger partial charge in [0.25, 0.3) is 0 Å². The van der Waals surface area contributed by atoms with Crippen molar-refractivity contribution in [3.8, 4) is 0 Å². The zero-order valence-corrected chi connectivity index (χ0v) is 10.5. The van der Waals surface area contributed by atoms with Crippen LogP contribution in [0.4, 0.5) is 13.2 Å². The van der Waals surface area contributed by atoms with Crippen LogP contribution < -0.4 is 11.6 Å². The van der Waals surface area contributed by atoms with Crippen molar-refractivity contribution >= 4 is 11.8 Å². The number of aliphatic imine (C=N–C) groups is 1. The molecule has 0 aliphatic carbocycles. The Hall–Kier alpha value is -1.31. The maximum Gasteiger partial charge on any atom is 0.449 e. The monoisotopic (exact) mass is 255 g/mol. The highest BCUT2D eigenvalue weighted by Gasteiger charge is 2.34. The van der Waals surface area contributed by atoms with Crippen molar-refractivity contribution in [3.63, 3.8) is 0 Å². The molecule has 0 aromatic heterocycles. The normalized spacial score (nSPS) is 11.9. The van der Waals surface area contributed by atoms with Crippen LogP contribution in [0, 0.1) is 11.3 Å². The lowest BCUT2D eigenvalue weighted by atomic mass is 10.2. The molecule has 0 saturated heterocycles. The van der Waals surface area contributed by atoms with Gasteiger partial charge in [0.05, 0.1) is 0 Å². The van der Waals surface area contributed by atoms with Gasteiger partial charge in [-0.15, -0.1) is 0 Å². The van der Waals surface area contributed by atoms with Crippen LogP contribution in [0.1, 0.15) is 27.7 Å². The third kappa shape index (κ3) is 8.49. The molecule has 0 bridgehead atoms. The summed E-state index contributed by atoms with van der Waals surface area (Å²) in [5.41, 5.74) is 4.62. The molecule has 0 spiro atoms. The third-order valence-corrected chi connectivity index (χ3v) is 1.35. The highest BCUT2D eigenvalue weighted by atomic mass is 19.4. The number of nitrogens with one attached hydrogen (secondary N) is 1. The fourth-order valence-corrected chi connectivity index (χ4v) is 0.722. The second-order valence-corrected chi connectivity index (χ2v) is 3.36. The van der Waals surface area contributed by atoms with E-state index in [9.17, 15) is 13.2 Å². The lowest BCUT2D eigenvalue weighted by Crippen LogP contribution is -2.41. The first-order valence-electron chi connectivity index (χ1n) is 5.16. The summed E-state index contributed by atoms with van der Waals surface area (Å²) in [7, 11) is 0. The number of hydrogen-bond acceptors (Lipinski definition) is 2. The molecule has 0 heterocycles. The van der Waals surface area contributed by atoms with Crippen molar-refractivity contribution in [2.75, 3.05) is 6.54 Å². The Labute approximate surface area is 99.2 Å². The van der Waals surface area contributed by atoms with Crippen LogP contribution in [0.3, 0.4) is 0 Å². The lowest BCUT2D eigenvalue weighted by molar-refractivity contribution is -0.0597. The summed E-state index contributed by atoms with van der Waals surface area (Å²) in [5, 5.41) is 7.94. The van der Waals surface area contributed by atoms with E-state index in [0.717, 1.165) is 5.01 Å². The van der Waals surface area contributed by atoms with Crippen molar-refractivity contribution in [1.82, 2.24) is 5.01 Å². The van der Waals surface area contributed by atoms with E-state index in [0.29, 0.717) is 0 Å². The van der Waals surface area contributed by atoms with Crippen molar-refractivity contribution < 1.29 is 13.2 Å². The van der Waals surface area contributed by atoms with E-state index in [1.807, 2.05) is 27.7 Å². The lowest BCUT2D eigenvalue weighted by Gasteiger charge is -2.18. The molecular formula is C9H20F3N5. The average Bonchev–Trinajstić information content (AvgIpc) is 2.18. The minimum Gasteiger partial charge on any atom is -0.379 e. The molecule has 0 rings (SSSR count). The number of rotatable bonds is 2. The van der Waals surface area contributed by atoms with E-state index in [-0.39, 0.29) is 12.5 Å². The Morgan fingerprint density at radius 3 is 2.06 bits per heavy atom. The summed E-state index contributed by atoms with van der Waals surface area (Å²) < 4.78 is 35.8. The second kappa shape index (κ2) is 7.88. The van der Waals surface area contributed by atoms with Gasteiger partial charge in [-0.3, -0.25) is 10.4 Å². The van der Waals surface area contributed by atoms with E-state index in [4.69, 9.17) is 11.3 Å². The van der Waals surface area contributed by atoms with E-state index in [1.54, 1.807) is 0 Å². The van der Waals surface area contributed by atoms with Crippen LogP contribution in [0.15, 0.2) is 4.99 Å². The predicted octanol–water partition coefficient (Wildman–Crippen LogP) is 1.70. The standard InChI is InChI=1S/C7H14F3N5.C2H6/c1-4(2)3-15(13)6(12)14-5(11)7(8,9)10;1-2/h4H,3,13H2,1-2H3,(H3,11,12,14);1-2H3. The minimum atomic E-state index is -4.73. The van der Waals surface area contributed by atoms with Gasteiger partial charge in [-0.05, 0) is 5.92 Å². The zero-order valence-electron chi connectivity index (χ0n) is 10.5. The molecular weight excluding hydrogens is 235 g/mol. The highest BCUT2D eigenvalue weighted by molar-refractivity contribution is 5.96. The zero-order chi connectivity index (χ0) is 14.2. The van der Waals surface area contributed by atoms with Gasteiger partial charge in [0.15, 0.2) is 0 Å². The minimum absolute atomic E-state index is 0.109. The summed E-state index contributed by atoms with van der Waals surface area (Å²) >= 11 is 0. The smallest absolute Gasteiger partial charge is 0.379 e. The number of halogens is 3. The van der Waals surface area contributed by atoms with Gasteiger partial charge in [-0.25, -0.2) is 5.84 Å². The van der Waals surface area contributed by atoms with Crippen LogP contribution in [0.2, 0.25) is 0 Å². The molecule has 17 heavy (non-hydrogen) atoms. The quantitative estimate of drug-likeness (QED) is 0.303. The molecule has 0 aliphatic rings. The van der Waals surface area contributed by atoms with Gasteiger partial charge in [0.2, 0.25) is 11.8 Å². The van der Waals surface area contributed by atoms with Crippen LogP contribution >= 0.6 is 0 Å². The molecule has 8 heteroatoms. The van der Waals surface area contributed by atoms with Crippen LogP contribution in [0.5, 0.6) is 0 Å². The topological polar surface area (TPSA) is 91.5 Å². The molecule has 0 aromatic rings. The fourth-order valence-electron chi connectivity index (χ4n) is 0.722. The van der Waals surface area contributed by atoms with Gasteiger partial charge in [-0.2, -0.15) is 18.2 Å². The summed E-state index contributed by atoms with van der Waals surface area (Å²) in [5.74, 6) is 3.11. The summed E-state index contributed by atoms with van der Waals surface area (Å²) in [4.78, 5) is 2.85. The van der Waals surface area contributed by atoms with E-state index in [2.05, 4.69) is 10.7 Å². The molecule has 5 nitrogen and oxygen atoms in total. The Bertz CT molecular complexity index is 260. The van der Waals surface area contributed by atoms with Crippen LogP contribution in [-0.4, -0.2) is 29.5 Å². The summed E-state index contributed by atoms with van der Waals surface area (Å²) in [6.45, 7) is 7.85. The number of hydrogen-bond donors (Lipinski definition) is 3. The first kappa shape index (κ1) is 18.1. The highest BCUT2D eigenvalue weighted by Crippen LogP contribution is 2.14. The molecule has 102 valence electrons. The molecule has 0 unspecified atom stereocenters. The maximum atomic E-state index is 11.9. The van der Waals surface area contributed by atoms with Gasteiger partial charge >= 0.3 is 6.18 Å². The Morgan fingerprint density at radius 2 is 1.76 bits per heavy atom. The molecule has 0 fully saturated rings. The molecule has 0 atom stereocenters. The molecule has 0 aromatic carbocycles. The van der Waals surface area contributed by atoms with Crippen LogP contribution in [0.25, 0.3) is 0 Å². The molecule has 0 aliphatic heterocycles. The third-order valence-electron chi connectivity index (χ3n) is 1.35. The summed E-state index contributed by atoms with van der Waals surface area (Å²) in [6, 6.07) is 0. The second-order valence-electron chi connectivity index (χ2n) is 3.36. The SMILES string of the molecule is CC.CC(C)CN(N)C(=N)/N=C(\N)C(F)(F)F. The van der Waals surface area contributed by atoms with E-state index < -0.39 is 18.0 Å². The number of nitrogens with zero attached hydrogens (tertiary/aromatic N) is 2. The van der Waals surface area contributed by atoms with E-state index >= 15 is 0 Å². The van der Waals surface area contributed by atoms with Crippen molar-refractivity contribution in [1.29, 1.82) is 5.41 Å². The maximum absolute atomic E-state index is 11.9. The summed E-state index contributed by atoms with van der Waals surface area (Å²) in [6.07, 6.45) is -4.73. The molecule has 0 radical (unpaired) electrons. The Balaban J connectivity index is 0. The average molecular weight is 255 g/mol. The van der Waals surface area contributed by atoms with Crippen molar-refractivity contribution in [3.05, 3.63) is 0 Å². The predicted molar refractivity (Wildman–Crippen MR) is 62.5 cm³/mol.